The molecule has 1 amide bonds. The number of carbonyl (C=O) groups excluding carboxylic acids is 1. The SMILES string of the molecule is CN1CCC(O)(c2cccc(-c3nc(-c4ccnc(S(C)=O)n4)cs3)c2)C1=O. The number of likely N-dealkylation sites (N-methyl/N-ethyl adjacent to an activating group) is 1. The van der Waals surface area contributed by atoms with E-state index in [4.69, 9.17) is 0 Å². The van der Waals surface area contributed by atoms with Crippen molar-refractivity contribution in [1.82, 2.24) is 19.9 Å². The Morgan fingerprint density at radius 1 is 1.25 bits per heavy atom. The van der Waals surface area contributed by atoms with E-state index in [1.807, 2.05) is 23.6 Å². The standard InChI is InChI=1S/C19H18N4O3S2/c1-23-9-7-19(25,17(23)24)13-5-3-4-12(10-13)16-21-15(11-27-16)14-6-8-20-18(22-14)28(2)26/h3-6,8,10-11,25H,7,9H2,1-2H3. The molecule has 1 fully saturated rings. The van der Waals surface area contributed by atoms with Gasteiger partial charge in [-0.3, -0.25) is 9.00 Å². The Labute approximate surface area is 168 Å². The summed E-state index contributed by atoms with van der Waals surface area (Å²) in [5, 5.41) is 13.8. The number of likely N-dealkylation sites (tertiary alicyclic amines) is 1. The molecular weight excluding hydrogens is 396 g/mol. The maximum Gasteiger partial charge on any atom is 0.258 e. The molecule has 4 rings (SSSR count). The van der Waals surface area contributed by atoms with Crippen molar-refractivity contribution in [3.8, 4) is 22.0 Å². The molecular formula is C19H18N4O3S2. The van der Waals surface area contributed by atoms with E-state index in [-0.39, 0.29) is 11.1 Å². The summed E-state index contributed by atoms with van der Waals surface area (Å²) < 4.78 is 11.6. The van der Waals surface area contributed by atoms with Crippen LogP contribution in [-0.2, 0) is 21.2 Å². The Morgan fingerprint density at radius 2 is 2.07 bits per heavy atom. The number of benzene rings is 1. The van der Waals surface area contributed by atoms with Gasteiger partial charge in [0, 0.05) is 43.4 Å². The van der Waals surface area contributed by atoms with Crippen molar-refractivity contribution in [2.45, 2.75) is 17.2 Å². The zero-order chi connectivity index (χ0) is 19.9. The number of hydrogen-bond donors (Lipinski definition) is 1. The Morgan fingerprint density at radius 3 is 2.79 bits per heavy atom. The quantitative estimate of drug-likeness (QED) is 0.657. The molecule has 28 heavy (non-hydrogen) atoms. The Kier molecular flexibility index (Phi) is 4.82. The molecule has 0 spiro atoms. The Bertz CT molecular complexity index is 1080. The molecule has 1 saturated heterocycles. The van der Waals surface area contributed by atoms with E-state index in [9.17, 15) is 14.1 Å². The topological polar surface area (TPSA) is 96.3 Å². The number of nitrogens with zero attached hydrogens (tertiary/aromatic N) is 4. The van der Waals surface area contributed by atoms with Crippen LogP contribution in [0.5, 0.6) is 0 Å². The molecule has 2 atom stereocenters. The number of amides is 1. The molecule has 1 aromatic carbocycles. The molecule has 0 aliphatic carbocycles. The first-order chi connectivity index (χ1) is 13.4. The van der Waals surface area contributed by atoms with Crippen LogP contribution in [0.4, 0.5) is 0 Å². The minimum Gasteiger partial charge on any atom is -0.375 e. The summed E-state index contributed by atoms with van der Waals surface area (Å²) in [6, 6.07) is 9.01. The molecule has 0 radical (unpaired) electrons. The largest absolute Gasteiger partial charge is 0.375 e. The van der Waals surface area contributed by atoms with Crippen LogP contribution in [0.15, 0.2) is 47.1 Å². The highest BCUT2D eigenvalue weighted by atomic mass is 32.2. The van der Waals surface area contributed by atoms with E-state index in [0.29, 0.717) is 29.9 Å². The third-order valence-electron chi connectivity index (χ3n) is 4.75. The van der Waals surface area contributed by atoms with Gasteiger partial charge >= 0.3 is 0 Å². The van der Waals surface area contributed by atoms with Crippen molar-refractivity contribution in [2.24, 2.45) is 0 Å². The van der Waals surface area contributed by atoms with Gasteiger partial charge in [0.05, 0.1) is 16.5 Å². The summed E-state index contributed by atoms with van der Waals surface area (Å²) in [4.78, 5) is 26.9. The van der Waals surface area contributed by atoms with Crippen molar-refractivity contribution in [3.05, 3.63) is 47.5 Å². The molecule has 2 aromatic heterocycles. The van der Waals surface area contributed by atoms with Crippen molar-refractivity contribution < 1.29 is 14.1 Å². The minimum atomic E-state index is -1.49. The summed E-state index contributed by atoms with van der Waals surface area (Å²) in [5.74, 6) is -0.287. The van der Waals surface area contributed by atoms with E-state index in [2.05, 4.69) is 15.0 Å². The summed E-state index contributed by atoms with van der Waals surface area (Å²) >= 11 is 1.44. The molecule has 1 aliphatic heterocycles. The maximum absolute atomic E-state index is 12.4. The fourth-order valence-electron chi connectivity index (χ4n) is 3.18. The van der Waals surface area contributed by atoms with E-state index in [0.717, 1.165) is 10.6 Å². The molecule has 3 heterocycles. The lowest BCUT2D eigenvalue weighted by Crippen LogP contribution is -2.36. The highest BCUT2D eigenvalue weighted by Gasteiger charge is 2.45. The van der Waals surface area contributed by atoms with Crippen molar-refractivity contribution in [2.75, 3.05) is 19.8 Å². The number of rotatable bonds is 4. The van der Waals surface area contributed by atoms with Gasteiger partial charge in [0.15, 0.2) is 5.60 Å². The van der Waals surface area contributed by atoms with Crippen LogP contribution < -0.4 is 0 Å². The lowest BCUT2D eigenvalue weighted by atomic mass is 9.91. The van der Waals surface area contributed by atoms with E-state index in [1.165, 1.54) is 17.6 Å². The summed E-state index contributed by atoms with van der Waals surface area (Å²) in [7, 11) is 0.423. The van der Waals surface area contributed by atoms with E-state index >= 15 is 0 Å². The molecule has 1 N–H and O–H groups in total. The number of thiazole rings is 1. The van der Waals surface area contributed by atoms with Gasteiger partial charge in [-0.2, -0.15) is 0 Å². The lowest BCUT2D eigenvalue weighted by Gasteiger charge is -2.21. The van der Waals surface area contributed by atoms with Crippen LogP contribution in [0, 0.1) is 0 Å². The Hall–Kier alpha value is -2.49. The summed E-state index contributed by atoms with van der Waals surface area (Å²) in [6.45, 7) is 0.524. The first-order valence-electron chi connectivity index (χ1n) is 8.60. The van der Waals surface area contributed by atoms with Gasteiger partial charge < -0.3 is 10.0 Å². The van der Waals surface area contributed by atoms with Crippen LogP contribution >= 0.6 is 11.3 Å². The number of aliphatic hydroxyl groups is 1. The molecule has 0 saturated carbocycles. The minimum absolute atomic E-state index is 0.264. The average molecular weight is 415 g/mol. The zero-order valence-corrected chi connectivity index (χ0v) is 17.0. The smallest absolute Gasteiger partial charge is 0.258 e. The number of carbonyl (C=O) groups is 1. The van der Waals surface area contributed by atoms with Crippen LogP contribution in [0.1, 0.15) is 12.0 Å². The predicted molar refractivity (Wildman–Crippen MR) is 107 cm³/mol. The molecule has 7 nitrogen and oxygen atoms in total. The Balaban J connectivity index is 1.68. The third-order valence-corrected chi connectivity index (χ3v) is 6.36. The fourth-order valence-corrected chi connectivity index (χ4v) is 4.42. The van der Waals surface area contributed by atoms with Gasteiger partial charge in [-0.25, -0.2) is 15.0 Å². The average Bonchev–Trinajstić information content (AvgIpc) is 3.30. The molecule has 2 unspecified atom stereocenters. The summed E-state index contributed by atoms with van der Waals surface area (Å²) in [6.07, 6.45) is 3.47. The fraction of sp³-hybridized carbons (Fsp3) is 0.263. The monoisotopic (exact) mass is 414 g/mol. The number of aromatic nitrogens is 3. The highest BCUT2D eigenvalue weighted by molar-refractivity contribution is 7.84. The highest BCUT2D eigenvalue weighted by Crippen LogP contribution is 2.35. The van der Waals surface area contributed by atoms with Gasteiger partial charge in [0.2, 0.25) is 5.16 Å². The molecule has 1 aliphatic rings. The second-order valence-corrected chi connectivity index (χ2v) is 8.77. The zero-order valence-electron chi connectivity index (χ0n) is 15.3. The molecule has 3 aromatic rings. The van der Waals surface area contributed by atoms with Crippen LogP contribution in [0.2, 0.25) is 0 Å². The number of hydrogen-bond acceptors (Lipinski definition) is 7. The van der Waals surface area contributed by atoms with E-state index in [1.54, 1.807) is 30.3 Å². The van der Waals surface area contributed by atoms with Crippen LogP contribution in [-0.4, -0.2) is 54.9 Å². The predicted octanol–water partition coefficient (Wildman–Crippen LogP) is 2.05. The van der Waals surface area contributed by atoms with Crippen LogP contribution in [0.25, 0.3) is 22.0 Å². The maximum atomic E-state index is 12.4. The van der Waals surface area contributed by atoms with Crippen molar-refractivity contribution in [1.29, 1.82) is 0 Å². The van der Waals surface area contributed by atoms with E-state index < -0.39 is 16.4 Å². The molecule has 0 bridgehead atoms. The van der Waals surface area contributed by atoms with Crippen LogP contribution in [0.3, 0.4) is 0 Å². The molecule has 9 heteroatoms. The van der Waals surface area contributed by atoms with Crippen molar-refractivity contribution in [3.63, 3.8) is 0 Å². The molecule has 144 valence electrons. The first-order valence-corrected chi connectivity index (χ1v) is 11.0. The van der Waals surface area contributed by atoms with Gasteiger partial charge in [-0.05, 0) is 17.7 Å². The van der Waals surface area contributed by atoms with Gasteiger partial charge in [-0.1, -0.05) is 18.2 Å². The van der Waals surface area contributed by atoms with Gasteiger partial charge in [-0.15, -0.1) is 11.3 Å². The first kappa shape index (κ1) is 18.9. The lowest BCUT2D eigenvalue weighted by molar-refractivity contribution is -0.143. The summed E-state index contributed by atoms with van der Waals surface area (Å²) in [5.41, 5.74) is 1.16. The second kappa shape index (κ2) is 7.16. The van der Waals surface area contributed by atoms with Crippen molar-refractivity contribution >= 4 is 28.0 Å². The van der Waals surface area contributed by atoms with Gasteiger partial charge in [0.25, 0.3) is 5.91 Å². The third kappa shape index (κ3) is 3.25. The van der Waals surface area contributed by atoms with Gasteiger partial charge in [0.1, 0.15) is 10.7 Å². The second-order valence-electron chi connectivity index (χ2n) is 6.63. The normalized spacial score (nSPS) is 20.5.